The number of nitrogens with zero attached hydrogens (tertiary/aromatic N) is 2. The summed E-state index contributed by atoms with van der Waals surface area (Å²) in [6.07, 6.45) is 10.6. The molecule has 2 aliphatic carbocycles. The summed E-state index contributed by atoms with van der Waals surface area (Å²) in [5.74, 6) is -0.133. The molecule has 5 aliphatic rings. The van der Waals surface area contributed by atoms with Crippen molar-refractivity contribution in [2.24, 2.45) is 11.3 Å². The number of hydrogen-bond acceptors (Lipinski definition) is 6. The summed E-state index contributed by atoms with van der Waals surface area (Å²) in [5, 5.41) is 15.9. The van der Waals surface area contributed by atoms with E-state index in [1.807, 2.05) is 6.07 Å². The summed E-state index contributed by atoms with van der Waals surface area (Å²) in [7, 11) is 0. The quantitative estimate of drug-likeness (QED) is 0.563. The minimum absolute atomic E-state index is 0.0394. The molecule has 6 rings (SSSR count). The highest BCUT2D eigenvalue weighted by Gasteiger charge is 2.43. The summed E-state index contributed by atoms with van der Waals surface area (Å²) < 4.78 is 26.9. The van der Waals surface area contributed by atoms with Gasteiger partial charge in [-0.2, -0.15) is 5.26 Å². The van der Waals surface area contributed by atoms with Crippen molar-refractivity contribution in [3.63, 3.8) is 0 Å². The number of amides is 1. The van der Waals surface area contributed by atoms with E-state index >= 15 is 4.39 Å². The van der Waals surface area contributed by atoms with Crippen molar-refractivity contribution in [1.29, 1.82) is 5.26 Å². The van der Waals surface area contributed by atoms with E-state index in [4.69, 9.17) is 9.47 Å². The average molecular weight is 549 g/mol. The maximum absolute atomic E-state index is 15.4. The molecule has 8 heteroatoms. The van der Waals surface area contributed by atoms with Crippen molar-refractivity contribution in [2.45, 2.75) is 76.0 Å². The second kappa shape index (κ2) is 11.7. The first-order valence-electron chi connectivity index (χ1n) is 15.0. The Morgan fingerprint density at radius 1 is 1.27 bits per heavy atom. The number of allylic oxidation sites excluding steroid dienone is 3. The summed E-state index contributed by atoms with van der Waals surface area (Å²) in [6, 6.07) is 7.40. The molecule has 2 N–H and O–H groups in total. The Morgan fingerprint density at radius 3 is 2.85 bits per heavy atom. The first-order chi connectivity index (χ1) is 19.4. The number of halogens is 1. The molecule has 40 heavy (non-hydrogen) atoms. The van der Waals surface area contributed by atoms with E-state index in [1.165, 1.54) is 5.57 Å². The molecule has 5 atom stereocenters. The number of benzene rings is 1. The van der Waals surface area contributed by atoms with Crippen LogP contribution in [0.1, 0.15) is 56.6 Å². The van der Waals surface area contributed by atoms with Crippen LogP contribution < -0.4 is 10.6 Å². The normalized spacial score (nSPS) is 31.8. The van der Waals surface area contributed by atoms with Crippen LogP contribution in [0.5, 0.6) is 0 Å². The molecule has 3 aliphatic heterocycles. The standard InChI is InChI=1S/C32H41FN4O3/c1-32-9-2-10-37(28-19-40-20-28)11-12-39-18-25(32)7-5-24(16-32)21-3-4-22(29(33)15-21)13-27(17-34)36-31(38)30-23-6-8-26(14-23)35-30/h3-5,7,15,23,26-28,30,35H,2,6,8-14,16,18-20H2,1H3,(H,36,38)/t23?,26-,27+,30+,32?/m1/s1. The van der Waals surface area contributed by atoms with Crippen LogP contribution in [0.4, 0.5) is 4.39 Å². The van der Waals surface area contributed by atoms with Crippen LogP contribution >= 0.6 is 0 Å². The highest BCUT2D eigenvalue weighted by molar-refractivity contribution is 5.83. The summed E-state index contributed by atoms with van der Waals surface area (Å²) >= 11 is 0. The molecule has 2 unspecified atom stereocenters. The Hall–Kier alpha value is -2.57. The van der Waals surface area contributed by atoms with E-state index in [2.05, 4.69) is 40.7 Å². The maximum atomic E-state index is 15.4. The van der Waals surface area contributed by atoms with E-state index in [1.54, 1.807) is 12.1 Å². The highest BCUT2D eigenvalue weighted by Crippen LogP contribution is 2.45. The average Bonchev–Trinajstić information content (AvgIpc) is 3.55. The van der Waals surface area contributed by atoms with Gasteiger partial charge in [0, 0.05) is 19.0 Å². The van der Waals surface area contributed by atoms with Crippen LogP contribution in [-0.4, -0.2) is 74.5 Å². The van der Waals surface area contributed by atoms with Gasteiger partial charge in [0.05, 0.1) is 44.6 Å². The Labute approximate surface area is 236 Å². The Balaban J connectivity index is 1.10. The van der Waals surface area contributed by atoms with Crippen LogP contribution in [0.25, 0.3) is 5.57 Å². The van der Waals surface area contributed by atoms with Crippen LogP contribution in [0, 0.1) is 28.5 Å². The summed E-state index contributed by atoms with van der Waals surface area (Å²) in [4.78, 5) is 15.3. The second-order valence-electron chi connectivity index (χ2n) is 12.6. The zero-order valence-corrected chi connectivity index (χ0v) is 23.5. The van der Waals surface area contributed by atoms with E-state index in [0.29, 0.717) is 30.2 Å². The van der Waals surface area contributed by atoms with Gasteiger partial charge in [0.15, 0.2) is 0 Å². The molecule has 1 amide bonds. The van der Waals surface area contributed by atoms with Crippen LogP contribution in [0.15, 0.2) is 35.9 Å². The van der Waals surface area contributed by atoms with E-state index in [-0.39, 0.29) is 29.6 Å². The van der Waals surface area contributed by atoms with Gasteiger partial charge >= 0.3 is 0 Å². The topological polar surface area (TPSA) is 86.6 Å². The van der Waals surface area contributed by atoms with Crippen molar-refractivity contribution in [3.05, 3.63) is 52.9 Å². The SMILES string of the molecule is CC12CCCN(C3COC3)CCOCC1=CC=C(c1ccc(C[C@@H](C#N)NC(=O)[C@H]3N[C@@H]4CCC3C4)c(F)c1)C2. The molecule has 0 spiro atoms. The van der Waals surface area contributed by atoms with Crippen LogP contribution in [-0.2, 0) is 20.7 Å². The molecule has 3 saturated heterocycles. The molecule has 4 fully saturated rings. The lowest BCUT2D eigenvalue weighted by Crippen LogP contribution is -2.50. The van der Waals surface area contributed by atoms with E-state index < -0.39 is 6.04 Å². The third-order valence-electron chi connectivity index (χ3n) is 9.90. The minimum atomic E-state index is -0.763. The smallest absolute Gasteiger partial charge is 0.238 e. The number of carbonyl (C=O) groups is 1. The Bertz CT molecular complexity index is 1220. The van der Waals surface area contributed by atoms with Gasteiger partial charge in [-0.25, -0.2) is 4.39 Å². The molecule has 0 aromatic heterocycles. The molecule has 1 aromatic rings. The van der Waals surface area contributed by atoms with Gasteiger partial charge in [-0.3, -0.25) is 9.69 Å². The Morgan fingerprint density at radius 2 is 2.15 bits per heavy atom. The molecule has 214 valence electrons. The maximum Gasteiger partial charge on any atom is 0.238 e. The van der Waals surface area contributed by atoms with Crippen molar-refractivity contribution in [2.75, 3.05) is 39.5 Å². The van der Waals surface area contributed by atoms with E-state index in [0.717, 1.165) is 82.6 Å². The third-order valence-corrected chi connectivity index (χ3v) is 9.90. The van der Waals surface area contributed by atoms with Crippen molar-refractivity contribution >= 4 is 11.5 Å². The third kappa shape index (κ3) is 5.75. The minimum Gasteiger partial charge on any atom is -0.378 e. The van der Waals surface area contributed by atoms with Crippen LogP contribution in [0.3, 0.4) is 0 Å². The number of ether oxygens (including phenoxy) is 2. The predicted molar refractivity (Wildman–Crippen MR) is 151 cm³/mol. The van der Waals surface area contributed by atoms with E-state index in [9.17, 15) is 10.1 Å². The van der Waals surface area contributed by atoms with Gasteiger partial charge in [0.25, 0.3) is 0 Å². The molecule has 0 radical (unpaired) electrons. The number of rotatable bonds is 6. The number of nitrogens with one attached hydrogen (secondary N) is 2. The molecular formula is C32H41FN4O3. The zero-order valence-electron chi connectivity index (χ0n) is 23.5. The fourth-order valence-electron chi connectivity index (χ4n) is 7.29. The lowest BCUT2D eigenvalue weighted by atomic mass is 9.70. The molecule has 2 bridgehead atoms. The first-order valence-corrected chi connectivity index (χ1v) is 15.0. The van der Waals surface area contributed by atoms with Gasteiger partial charge in [0.1, 0.15) is 11.9 Å². The van der Waals surface area contributed by atoms with Gasteiger partial charge in [0.2, 0.25) is 5.91 Å². The molecule has 1 aromatic carbocycles. The van der Waals surface area contributed by atoms with Gasteiger partial charge in [-0.15, -0.1) is 0 Å². The molecule has 1 saturated carbocycles. The molecule has 7 nitrogen and oxygen atoms in total. The van der Waals surface area contributed by atoms with Crippen molar-refractivity contribution in [3.8, 4) is 6.07 Å². The summed E-state index contributed by atoms with van der Waals surface area (Å²) in [6.45, 7) is 7.27. The van der Waals surface area contributed by atoms with Gasteiger partial charge in [-0.1, -0.05) is 31.2 Å². The fourth-order valence-corrected chi connectivity index (χ4v) is 7.29. The van der Waals surface area contributed by atoms with Crippen molar-refractivity contribution in [1.82, 2.24) is 15.5 Å². The first kappa shape index (κ1) is 27.6. The van der Waals surface area contributed by atoms with Gasteiger partial charge < -0.3 is 20.1 Å². The number of piperidine rings is 1. The fraction of sp³-hybridized carbons (Fsp3) is 0.625. The van der Waals surface area contributed by atoms with Crippen LogP contribution in [0.2, 0.25) is 0 Å². The highest BCUT2D eigenvalue weighted by atomic mass is 19.1. The predicted octanol–water partition coefficient (Wildman–Crippen LogP) is 3.75. The molecular weight excluding hydrogens is 507 g/mol. The van der Waals surface area contributed by atoms with Gasteiger partial charge in [-0.05, 0) is 84.7 Å². The lowest BCUT2D eigenvalue weighted by molar-refractivity contribution is -0.124. The number of hydrogen-bond donors (Lipinski definition) is 2. The largest absolute Gasteiger partial charge is 0.378 e. The van der Waals surface area contributed by atoms with Crippen molar-refractivity contribution < 1.29 is 18.7 Å². The zero-order chi connectivity index (χ0) is 27.7. The second-order valence-corrected chi connectivity index (χ2v) is 12.6. The molecule has 3 heterocycles. The monoisotopic (exact) mass is 548 g/mol. The number of nitriles is 1. The number of carbonyl (C=O) groups excluding carboxylic acids is 1. The Kier molecular flexibility index (Phi) is 8.09. The number of fused-ring (bicyclic) bond motifs is 3. The lowest BCUT2D eigenvalue weighted by Gasteiger charge is -2.41. The summed E-state index contributed by atoms with van der Waals surface area (Å²) in [5.41, 5.74) is 3.70.